The van der Waals surface area contributed by atoms with Gasteiger partial charge in [0.05, 0.1) is 24.1 Å². The van der Waals surface area contributed by atoms with Gasteiger partial charge in [-0.1, -0.05) is 42.5 Å². The maximum atomic E-state index is 8.94. The van der Waals surface area contributed by atoms with Crippen molar-refractivity contribution in [3.8, 4) is 12.1 Å². The van der Waals surface area contributed by atoms with E-state index in [1.807, 2.05) is 48.5 Å². The smallest absolute Gasteiger partial charge is 0.0991 e. The highest BCUT2D eigenvalue weighted by atomic mass is 14.9. The third-order valence-electron chi connectivity index (χ3n) is 3.11. The molecule has 0 aliphatic carbocycles. The molecule has 0 heterocycles. The van der Waals surface area contributed by atoms with Crippen LogP contribution in [0.1, 0.15) is 29.2 Å². The summed E-state index contributed by atoms with van der Waals surface area (Å²) in [6, 6.07) is 21.8. The fraction of sp³-hybridized carbons (Fsp3) is 0.176. The van der Waals surface area contributed by atoms with Crippen LogP contribution in [0, 0.1) is 22.7 Å². The minimum atomic E-state index is 0.00643. The molecule has 0 saturated heterocycles. The van der Waals surface area contributed by atoms with Crippen molar-refractivity contribution in [3.05, 3.63) is 71.3 Å². The number of hydrogen-bond donors (Lipinski definition) is 1. The summed E-state index contributed by atoms with van der Waals surface area (Å²) >= 11 is 0. The summed E-state index contributed by atoms with van der Waals surface area (Å²) in [4.78, 5) is 0. The monoisotopic (exact) mass is 261 g/mol. The first kappa shape index (κ1) is 13.8. The van der Waals surface area contributed by atoms with Gasteiger partial charge in [-0.05, 0) is 23.3 Å². The van der Waals surface area contributed by atoms with Crippen LogP contribution in [0.2, 0.25) is 0 Å². The standard InChI is InChI=1S/C17H15N3/c18-10-9-17(16-7-2-1-3-8-16)20-13-15-6-4-5-14(11-15)12-19/h1-8,11,17,20H,9,13H2. The molecule has 20 heavy (non-hydrogen) atoms. The first-order valence-electron chi connectivity index (χ1n) is 6.48. The number of nitriles is 2. The average molecular weight is 261 g/mol. The van der Waals surface area contributed by atoms with Gasteiger partial charge < -0.3 is 5.32 Å². The van der Waals surface area contributed by atoms with Gasteiger partial charge in [0.2, 0.25) is 0 Å². The van der Waals surface area contributed by atoms with Gasteiger partial charge >= 0.3 is 0 Å². The minimum absolute atomic E-state index is 0.00643. The molecule has 0 aliphatic heterocycles. The fourth-order valence-corrected chi connectivity index (χ4v) is 2.08. The first-order chi connectivity index (χ1) is 9.83. The van der Waals surface area contributed by atoms with Crippen LogP contribution in [-0.2, 0) is 6.54 Å². The molecule has 0 aromatic heterocycles. The van der Waals surface area contributed by atoms with E-state index < -0.39 is 0 Å². The Morgan fingerprint density at radius 1 is 1.00 bits per heavy atom. The lowest BCUT2D eigenvalue weighted by Crippen LogP contribution is -2.20. The highest BCUT2D eigenvalue weighted by molar-refractivity contribution is 5.32. The molecule has 0 aliphatic rings. The van der Waals surface area contributed by atoms with Crippen molar-refractivity contribution in [1.29, 1.82) is 10.5 Å². The second-order valence-corrected chi connectivity index (χ2v) is 4.52. The Morgan fingerprint density at radius 2 is 1.80 bits per heavy atom. The molecule has 1 unspecified atom stereocenters. The van der Waals surface area contributed by atoms with E-state index >= 15 is 0 Å². The van der Waals surface area contributed by atoms with Crippen LogP contribution in [0.15, 0.2) is 54.6 Å². The molecule has 0 spiro atoms. The lowest BCUT2D eigenvalue weighted by molar-refractivity contribution is 0.542. The van der Waals surface area contributed by atoms with Gasteiger partial charge in [-0.3, -0.25) is 0 Å². The second-order valence-electron chi connectivity index (χ2n) is 4.52. The summed E-state index contributed by atoms with van der Waals surface area (Å²) in [6.07, 6.45) is 0.419. The van der Waals surface area contributed by atoms with Gasteiger partial charge in [-0.25, -0.2) is 0 Å². The van der Waals surface area contributed by atoms with Crippen molar-refractivity contribution < 1.29 is 0 Å². The zero-order valence-corrected chi connectivity index (χ0v) is 11.1. The maximum Gasteiger partial charge on any atom is 0.0991 e. The van der Waals surface area contributed by atoms with Crippen molar-refractivity contribution in [1.82, 2.24) is 5.32 Å². The van der Waals surface area contributed by atoms with Crippen molar-refractivity contribution in [2.45, 2.75) is 19.0 Å². The summed E-state index contributed by atoms with van der Waals surface area (Å²) in [7, 11) is 0. The Kier molecular flexibility index (Phi) is 4.89. The van der Waals surface area contributed by atoms with Crippen molar-refractivity contribution in [2.75, 3.05) is 0 Å². The quantitative estimate of drug-likeness (QED) is 0.898. The van der Waals surface area contributed by atoms with Gasteiger partial charge in [0.1, 0.15) is 0 Å². The largest absolute Gasteiger partial charge is 0.305 e. The molecule has 0 bridgehead atoms. The first-order valence-corrected chi connectivity index (χ1v) is 6.48. The van der Waals surface area contributed by atoms with Gasteiger partial charge in [-0.15, -0.1) is 0 Å². The fourth-order valence-electron chi connectivity index (χ4n) is 2.08. The molecule has 2 rings (SSSR count). The van der Waals surface area contributed by atoms with Crippen LogP contribution in [0.5, 0.6) is 0 Å². The highest BCUT2D eigenvalue weighted by Gasteiger charge is 2.10. The number of rotatable bonds is 5. The summed E-state index contributed by atoms with van der Waals surface area (Å²) in [5.41, 5.74) is 2.80. The SMILES string of the molecule is N#CCC(NCc1cccc(C#N)c1)c1ccccc1. The van der Waals surface area contributed by atoms with E-state index in [1.54, 1.807) is 6.07 Å². The molecule has 0 amide bonds. The summed E-state index contributed by atoms with van der Waals surface area (Å²) in [5, 5.41) is 21.2. The van der Waals surface area contributed by atoms with Gasteiger partial charge in [0.15, 0.2) is 0 Å². The third kappa shape index (κ3) is 3.68. The third-order valence-corrected chi connectivity index (χ3v) is 3.11. The van der Waals surface area contributed by atoms with E-state index in [4.69, 9.17) is 10.5 Å². The minimum Gasteiger partial charge on any atom is -0.305 e. The van der Waals surface area contributed by atoms with Crippen LogP contribution < -0.4 is 5.32 Å². The number of hydrogen-bond acceptors (Lipinski definition) is 3. The highest BCUT2D eigenvalue weighted by Crippen LogP contribution is 2.17. The van der Waals surface area contributed by atoms with E-state index in [-0.39, 0.29) is 6.04 Å². The zero-order valence-electron chi connectivity index (χ0n) is 11.1. The van der Waals surface area contributed by atoms with E-state index in [9.17, 15) is 0 Å². The van der Waals surface area contributed by atoms with Crippen LogP contribution in [-0.4, -0.2) is 0 Å². The molecular weight excluding hydrogens is 246 g/mol. The Hall–Kier alpha value is -2.62. The van der Waals surface area contributed by atoms with E-state index in [1.165, 1.54) is 0 Å². The Balaban J connectivity index is 2.06. The van der Waals surface area contributed by atoms with E-state index in [0.717, 1.165) is 11.1 Å². The van der Waals surface area contributed by atoms with Gasteiger partial charge in [0, 0.05) is 12.6 Å². The van der Waals surface area contributed by atoms with Crippen molar-refractivity contribution in [2.24, 2.45) is 0 Å². The molecule has 1 N–H and O–H groups in total. The normalized spacial score (nSPS) is 11.3. The molecule has 0 radical (unpaired) electrons. The molecule has 0 saturated carbocycles. The molecule has 3 heteroatoms. The molecular formula is C17H15N3. The lowest BCUT2D eigenvalue weighted by Gasteiger charge is -2.16. The molecule has 0 fully saturated rings. The van der Waals surface area contributed by atoms with Gasteiger partial charge in [-0.2, -0.15) is 10.5 Å². The topological polar surface area (TPSA) is 59.6 Å². The molecule has 1 atom stereocenters. The molecule has 98 valence electrons. The maximum absolute atomic E-state index is 8.94. The van der Waals surface area contributed by atoms with E-state index in [0.29, 0.717) is 18.5 Å². The molecule has 3 nitrogen and oxygen atoms in total. The summed E-state index contributed by atoms with van der Waals surface area (Å²) < 4.78 is 0. The van der Waals surface area contributed by atoms with E-state index in [2.05, 4.69) is 17.5 Å². The zero-order chi connectivity index (χ0) is 14.2. The van der Waals surface area contributed by atoms with Crippen LogP contribution in [0.3, 0.4) is 0 Å². The Labute approximate surface area is 119 Å². The van der Waals surface area contributed by atoms with Crippen molar-refractivity contribution in [3.63, 3.8) is 0 Å². The number of benzene rings is 2. The number of nitrogens with zero attached hydrogens (tertiary/aromatic N) is 2. The van der Waals surface area contributed by atoms with Crippen LogP contribution in [0.4, 0.5) is 0 Å². The number of nitrogens with one attached hydrogen (secondary N) is 1. The Morgan fingerprint density at radius 3 is 2.50 bits per heavy atom. The molecule has 2 aromatic carbocycles. The Bertz CT molecular complexity index is 635. The lowest BCUT2D eigenvalue weighted by atomic mass is 10.0. The predicted octanol–water partition coefficient (Wildman–Crippen LogP) is 3.30. The predicted molar refractivity (Wildman–Crippen MR) is 77.4 cm³/mol. The molecule has 2 aromatic rings. The van der Waals surface area contributed by atoms with Crippen LogP contribution in [0.25, 0.3) is 0 Å². The summed E-state index contributed by atoms with van der Waals surface area (Å²) in [5.74, 6) is 0. The summed E-state index contributed by atoms with van der Waals surface area (Å²) in [6.45, 7) is 0.636. The van der Waals surface area contributed by atoms with Gasteiger partial charge in [0.25, 0.3) is 0 Å². The van der Waals surface area contributed by atoms with Crippen LogP contribution >= 0.6 is 0 Å². The second kappa shape index (κ2) is 7.09. The average Bonchev–Trinajstić information content (AvgIpc) is 2.52. The van der Waals surface area contributed by atoms with Crippen molar-refractivity contribution >= 4 is 0 Å².